The molecule has 0 unspecified atom stereocenters. The number of carboxylic acid groups (broad SMARTS) is 1. The zero-order valence-electron chi connectivity index (χ0n) is 9.93. The van der Waals surface area contributed by atoms with E-state index in [1.165, 1.54) is 0 Å². The third-order valence-electron chi connectivity index (χ3n) is 3.70. The first-order valence-electron chi connectivity index (χ1n) is 6.28. The summed E-state index contributed by atoms with van der Waals surface area (Å²) in [7, 11) is 0. The molecule has 96 valence electrons. The van der Waals surface area contributed by atoms with E-state index in [4.69, 9.17) is 9.84 Å². The number of aliphatic carboxylic acids is 1. The number of nitrogens with zero attached hydrogens (tertiary/aromatic N) is 1. The number of carbonyl (C=O) groups is 2. The Morgan fingerprint density at radius 1 is 1.12 bits per heavy atom. The van der Waals surface area contributed by atoms with Crippen molar-refractivity contribution in [2.75, 3.05) is 26.3 Å². The van der Waals surface area contributed by atoms with Gasteiger partial charge in [0.2, 0.25) is 5.91 Å². The molecular weight excluding hydrogens is 222 g/mol. The number of ether oxygens (including phenoxy) is 1. The van der Waals surface area contributed by atoms with Crippen molar-refractivity contribution in [2.45, 2.75) is 25.7 Å². The second-order valence-electron chi connectivity index (χ2n) is 4.84. The minimum atomic E-state index is -0.760. The maximum absolute atomic E-state index is 12.2. The molecule has 1 saturated carbocycles. The number of morpholine rings is 1. The molecule has 1 heterocycles. The molecular formula is C12H19NO4. The van der Waals surface area contributed by atoms with Gasteiger partial charge < -0.3 is 14.7 Å². The first kappa shape index (κ1) is 12.4. The van der Waals surface area contributed by atoms with Crippen molar-refractivity contribution in [3.63, 3.8) is 0 Å². The number of rotatable bonds is 2. The smallest absolute Gasteiger partial charge is 0.306 e. The van der Waals surface area contributed by atoms with Crippen molar-refractivity contribution >= 4 is 11.9 Å². The molecule has 2 atom stereocenters. The monoisotopic (exact) mass is 241 g/mol. The van der Waals surface area contributed by atoms with E-state index in [2.05, 4.69) is 0 Å². The van der Waals surface area contributed by atoms with Gasteiger partial charge in [-0.05, 0) is 19.3 Å². The number of carboxylic acids is 1. The minimum Gasteiger partial charge on any atom is -0.481 e. The van der Waals surface area contributed by atoms with Crippen LogP contribution in [-0.2, 0) is 14.3 Å². The quantitative estimate of drug-likeness (QED) is 0.774. The Labute approximate surface area is 101 Å². The number of carbonyl (C=O) groups excluding carboxylic acids is 1. The van der Waals surface area contributed by atoms with Gasteiger partial charge in [0.25, 0.3) is 0 Å². The fraction of sp³-hybridized carbons (Fsp3) is 0.833. The highest BCUT2D eigenvalue weighted by molar-refractivity contribution is 5.80. The predicted octanol–water partition coefficient (Wildman–Crippen LogP) is 0.736. The maximum atomic E-state index is 12.2. The van der Waals surface area contributed by atoms with E-state index < -0.39 is 5.97 Å². The van der Waals surface area contributed by atoms with E-state index >= 15 is 0 Å². The fourth-order valence-electron chi connectivity index (χ4n) is 2.68. The SMILES string of the molecule is O=C(O)[C@@H]1CCC[C@H](C(=O)N2CCOCC2)C1. The number of hydrogen-bond acceptors (Lipinski definition) is 3. The zero-order chi connectivity index (χ0) is 12.3. The average Bonchev–Trinajstić information content (AvgIpc) is 2.39. The Balaban J connectivity index is 1.91. The summed E-state index contributed by atoms with van der Waals surface area (Å²) in [5.74, 6) is -1.06. The summed E-state index contributed by atoms with van der Waals surface area (Å²) in [6.07, 6.45) is 2.89. The van der Waals surface area contributed by atoms with E-state index in [0.29, 0.717) is 39.1 Å². The largest absolute Gasteiger partial charge is 0.481 e. The van der Waals surface area contributed by atoms with Gasteiger partial charge in [-0.1, -0.05) is 6.42 Å². The van der Waals surface area contributed by atoms with Crippen molar-refractivity contribution in [3.8, 4) is 0 Å². The maximum Gasteiger partial charge on any atom is 0.306 e. The van der Waals surface area contributed by atoms with Gasteiger partial charge >= 0.3 is 5.97 Å². The molecule has 0 aromatic carbocycles. The Hall–Kier alpha value is -1.10. The highest BCUT2D eigenvalue weighted by Crippen LogP contribution is 2.30. The molecule has 0 aromatic rings. The highest BCUT2D eigenvalue weighted by atomic mass is 16.5. The van der Waals surface area contributed by atoms with Crippen LogP contribution >= 0.6 is 0 Å². The van der Waals surface area contributed by atoms with Crippen LogP contribution in [0.1, 0.15) is 25.7 Å². The van der Waals surface area contributed by atoms with Gasteiger partial charge in [-0.15, -0.1) is 0 Å². The Morgan fingerprint density at radius 3 is 2.41 bits per heavy atom. The minimum absolute atomic E-state index is 0.0945. The van der Waals surface area contributed by atoms with Crippen molar-refractivity contribution in [1.29, 1.82) is 0 Å². The molecule has 1 saturated heterocycles. The summed E-state index contributed by atoms with van der Waals surface area (Å²) in [5.41, 5.74) is 0. The van der Waals surface area contributed by atoms with Crippen molar-refractivity contribution in [1.82, 2.24) is 4.90 Å². The van der Waals surface area contributed by atoms with Gasteiger partial charge in [-0.25, -0.2) is 0 Å². The molecule has 2 rings (SSSR count). The number of amides is 1. The molecule has 2 aliphatic rings. The molecule has 17 heavy (non-hydrogen) atoms. The van der Waals surface area contributed by atoms with Crippen LogP contribution in [0.5, 0.6) is 0 Å². The van der Waals surface area contributed by atoms with Crippen LogP contribution < -0.4 is 0 Å². The van der Waals surface area contributed by atoms with E-state index in [1.807, 2.05) is 4.90 Å². The summed E-state index contributed by atoms with van der Waals surface area (Å²) in [5, 5.41) is 9.00. The van der Waals surface area contributed by atoms with E-state index in [0.717, 1.165) is 12.8 Å². The lowest BCUT2D eigenvalue weighted by atomic mass is 9.80. The van der Waals surface area contributed by atoms with Gasteiger partial charge in [-0.3, -0.25) is 9.59 Å². The van der Waals surface area contributed by atoms with Crippen molar-refractivity contribution < 1.29 is 19.4 Å². The molecule has 5 heteroatoms. The van der Waals surface area contributed by atoms with E-state index in [-0.39, 0.29) is 17.7 Å². The zero-order valence-corrected chi connectivity index (χ0v) is 9.93. The normalized spacial score (nSPS) is 30.0. The molecule has 1 aliphatic heterocycles. The first-order chi connectivity index (χ1) is 8.18. The molecule has 1 aliphatic carbocycles. The molecule has 0 bridgehead atoms. The third-order valence-corrected chi connectivity index (χ3v) is 3.70. The van der Waals surface area contributed by atoms with Crippen LogP contribution in [0.25, 0.3) is 0 Å². The van der Waals surface area contributed by atoms with Crippen LogP contribution in [0.3, 0.4) is 0 Å². The van der Waals surface area contributed by atoms with Crippen molar-refractivity contribution in [3.05, 3.63) is 0 Å². The molecule has 0 spiro atoms. The summed E-state index contributed by atoms with van der Waals surface area (Å²) in [6.45, 7) is 2.49. The summed E-state index contributed by atoms with van der Waals surface area (Å²) in [6, 6.07) is 0. The number of hydrogen-bond donors (Lipinski definition) is 1. The van der Waals surface area contributed by atoms with Crippen LogP contribution in [-0.4, -0.2) is 48.2 Å². The molecule has 1 N–H and O–H groups in total. The van der Waals surface area contributed by atoms with Crippen LogP contribution in [0, 0.1) is 11.8 Å². The molecule has 5 nitrogen and oxygen atoms in total. The molecule has 1 amide bonds. The van der Waals surface area contributed by atoms with Gasteiger partial charge in [0.05, 0.1) is 19.1 Å². The standard InChI is InChI=1S/C12H19NO4/c14-11(13-4-6-17-7-5-13)9-2-1-3-10(8-9)12(15)16/h9-10H,1-8H2,(H,15,16)/t9-,10+/m0/s1. The lowest BCUT2D eigenvalue weighted by Crippen LogP contribution is -2.45. The first-order valence-corrected chi connectivity index (χ1v) is 6.28. The molecule has 2 fully saturated rings. The summed E-state index contributed by atoms with van der Waals surface area (Å²) in [4.78, 5) is 25.0. The lowest BCUT2D eigenvalue weighted by Gasteiger charge is -2.33. The Morgan fingerprint density at radius 2 is 1.76 bits per heavy atom. The summed E-state index contributed by atoms with van der Waals surface area (Å²) < 4.78 is 5.21. The van der Waals surface area contributed by atoms with Gasteiger partial charge in [0, 0.05) is 19.0 Å². The van der Waals surface area contributed by atoms with Gasteiger partial charge in [0.15, 0.2) is 0 Å². The van der Waals surface area contributed by atoms with Gasteiger partial charge in [0.1, 0.15) is 0 Å². The molecule has 0 aromatic heterocycles. The predicted molar refractivity (Wildman–Crippen MR) is 60.5 cm³/mol. The van der Waals surface area contributed by atoms with Gasteiger partial charge in [-0.2, -0.15) is 0 Å². The summed E-state index contributed by atoms with van der Waals surface area (Å²) >= 11 is 0. The average molecular weight is 241 g/mol. The van der Waals surface area contributed by atoms with Crippen molar-refractivity contribution in [2.24, 2.45) is 11.8 Å². The second-order valence-corrected chi connectivity index (χ2v) is 4.84. The van der Waals surface area contributed by atoms with Crippen LogP contribution in [0.4, 0.5) is 0 Å². The van der Waals surface area contributed by atoms with Crippen LogP contribution in [0.2, 0.25) is 0 Å². The highest BCUT2D eigenvalue weighted by Gasteiger charge is 2.33. The van der Waals surface area contributed by atoms with E-state index in [9.17, 15) is 9.59 Å². The topological polar surface area (TPSA) is 66.8 Å². The lowest BCUT2D eigenvalue weighted by molar-refractivity contribution is -0.146. The fourth-order valence-corrected chi connectivity index (χ4v) is 2.68. The Kier molecular flexibility index (Phi) is 3.99. The molecule has 0 radical (unpaired) electrons. The second kappa shape index (κ2) is 5.49. The van der Waals surface area contributed by atoms with Crippen LogP contribution in [0.15, 0.2) is 0 Å². The van der Waals surface area contributed by atoms with E-state index in [1.54, 1.807) is 0 Å². The third kappa shape index (κ3) is 2.97. The Bertz CT molecular complexity index is 299.